The molecule has 0 aromatic carbocycles. The molecular formula is C19H31Cl3N4O4. The summed E-state index contributed by atoms with van der Waals surface area (Å²) in [4.78, 5) is 2.92. The zero-order valence-corrected chi connectivity index (χ0v) is 20.4. The van der Waals surface area contributed by atoms with Crippen LogP contribution in [0.25, 0.3) is 10.4 Å². The van der Waals surface area contributed by atoms with Crippen LogP contribution in [0.2, 0.25) is 0 Å². The number of ether oxygens (including phenoxy) is 4. The van der Waals surface area contributed by atoms with Crippen LogP contribution >= 0.6 is 34.8 Å². The smallest absolute Gasteiger partial charge is 0.265 e. The van der Waals surface area contributed by atoms with Gasteiger partial charge in [0.15, 0.2) is 6.29 Å². The lowest BCUT2D eigenvalue weighted by atomic mass is 9.79. The van der Waals surface area contributed by atoms with Crippen LogP contribution in [0.1, 0.15) is 48.0 Å². The van der Waals surface area contributed by atoms with Crippen molar-refractivity contribution in [3.8, 4) is 0 Å². The molecule has 0 aromatic rings. The molecule has 2 aliphatic heterocycles. The Morgan fingerprint density at radius 1 is 1.03 bits per heavy atom. The lowest BCUT2D eigenvalue weighted by Crippen LogP contribution is -2.57. The maximum Gasteiger partial charge on any atom is 0.265 e. The molecule has 2 saturated heterocycles. The minimum Gasteiger partial charge on any atom is -0.448 e. The quantitative estimate of drug-likeness (QED) is 0.132. The summed E-state index contributed by atoms with van der Waals surface area (Å²) in [5.74, 6) is 0.146. The fraction of sp³-hybridized carbons (Fsp3) is 0.947. The third-order valence-electron chi connectivity index (χ3n) is 6.56. The monoisotopic (exact) mass is 484 g/mol. The molecule has 8 nitrogen and oxygen atoms in total. The molecule has 0 saturated carbocycles. The maximum atomic E-state index is 9.07. The average Bonchev–Trinajstić information content (AvgIpc) is 2.67. The van der Waals surface area contributed by atoms with Crippen LogP contribution in [-0.4, -0.2) is 46.6 Å². The second kappa shape index (κ2) is 10.4. The second-order valence-electron chi connectivity index (χ2n) is 8.34. The minimum absolute atomic E-state index is 0.0647. The lowest BCUT2D eigenvalue weighted by molar-refractivity contribution is -0.306. The Labute approximate surface area is 192 Å². The summed E-state index contributed by atoms with van der Waals surface area (Å²) in [7, 11) is 0. The standard InChI is InChI=1S/C19H31Cl3N4O4/c1-7-13-15(29-16-10(4)8(2)9(3)12(6)27-16)11(5)14(25-26-24)17(28-13)30-18(23)19(20,21)22/h8-17,23H,7H2,1-6H3/t8-,9+,10?,11-,12?,13?,14?,15+,16+,17?/m1/s1. The molecule has 0 aliphatic carbocycles. The average molecular weight is 486 g/mol. The Morgan fingerprint density at radius 2 is 1.67 bits per heavy atom. The Balaban J connectivity index is 2.23. The van der Waals surface area contributed by atoms with E-state index in [4.69, 9.17) is 64.7 Å². The summed E-state index contributed by atoms with van der Waals surface area (Å²) in [6, 6.07) is -0.775. The predicted molar refractivity (Wildman–Crippen MR) is 117 cm³/mol. The van der Waals surface area contributed by atoms with Crippen LogP contribution < -0.4 is 0 Å². The van der Waals surface area contributed by atoms with Gasteiger partial charge in [-0.2, -0.15) is 0 Å². The number of alkyl halides is 3. The molecule has 0 spiro atoms. The molecule has 10 atom stereocenters. The number of nitrogens with one attached hydrogen (secondary N) is 1. The molecule has 2 aliphatic rings. The van der Waals surface area contributed by atoms with Gasteiger partial charge in [-0.25, -0.2) is 0 Å². The van der Waals surface area contributed by atoms with Crippen molar-refractivity contribution in [3.05, 3.63) is 10.4 Å². The first-order valence-electron chi connectivity index (χ1n) is 10.2. The molecule has 0 radical (unpaired) electrons. The van der Waals surface area contributed by atoms with Crippen molar-refractivity contribution in [2.75, 3.05) is 0 Å². The van der Waals surface area contributed by atoms with Crippen LogP contribution in [0.3, 0.4) is 0 Å². The van der Waals surface area contributed by atoms with E-state index >= 15 is 0 Å². The Kier molecular flexibility index (Phi) is 8.97. The normalized spacial score (nSPS) is 42.3. The van der Waals surface area contributed by atoms with E-state index in [1.165, 1.54) is 0 Å². The van der Waals surface area contributed by atoms with Crippen molar-refractivity contribution in [1.82, 2.24) is 0 Å². The van der Waals surface area contributed by atoms with Crippen molar-refractivity contribution in [2.45, 2.75) is 88.7 Å². The Morgan fingerprint density at radius 3 is 2.20 bits per heavy atom. The number of azide groups is 1. The maximum absolute atomic E-state index is 9.07. The van der Waals surface area contributed by atoms with Crippen molar-refractivity contribution >= 4 is 40.7 Å². The SMILES string of the molecule is CCC1OC(OC(=N)C(Cl)(Cl)Cl)C(N=[N+]=[N-])[C@@H](C)[C@@H]1O[C@@H]1OC(C)[C@@H](C)[C@@H](C)C1C. The van der Waals surface area contributed by atoms with Gasteiger partial charge in [-0.05, 0) is 36.6 Å². The van der Waals surface area contributed by atoms with Crippen molar-refractivity contribution in [3.63, 3.8) is 0 Å². The topological polar surface area (TPSA) is 110 Å². The summed E-state index contributed by atoms with van der Waals surface area (Å²) in [5, 5.41) is 11.7. The lowest BCUT2D eigenvalue weighted by Gasteiger charge is -2.48. The molecule has 172 valence electrons. The van der Waals surface area contributed by atoms with Gasteiger partial charge < -0.3 is 18.9 Å². The van der Waals surface area contributed by atoms with Crippen molar-refractivity contribution < 1.29 is 18.9 Å². The van der Waals surface area contributed by atoms with Crippen LogP contribution in [-0.2, 0) is 18.9 Å². The molecule has 5 unspecified atom stereocenters. The highest BCUT2D eigenvalue weighted by atomic mass is 35.6. The molecule has 11 heteroatoms. The highest BCUT2D eigenvalue weighted by molar-refractivity contribution is 6.76. The molecule has 1 N–H and O–H groups in total. The van der Waals surface area contributed by atoms with E-state index in [1.807, 2.05) is 13.8 Å². The molecular weight excluding hydrogens is 455 g/mol. The zero-order chi connectivity index (χ0) is 22.8. The summed E-state index contributed by atoms with van der Waals surface area (Å²) >= 11 is 17.2. The minimum atomic E-state index is -2.04. The number of rotatable bonds is 5. The molecule has 0 amide bonds. The van der Waals surface area contributed by atoms with E-state index in [0.717, 1.165) is 0 Å². The first-order valence-corrected chi connectivity index (χ1v) is 11.4. The van der Waals surface area contributed by atoms with Gasteiger partial charge in [-0.15, -0.1) is 0 Å². The van der Waals surface area contributed by atoms with Gasteiger partial charge in [-0.3, -0.25) is 5.41 Å². The van der Waals surface area contributed by atoms with E-state index in [9.17, 15) is 0 Å². The molecule has 2 rings (SSSR count). The van der Waals surface area contributed by atoms with Gasteiger partial charge in [0.25, 0.3) is 3.79 Å². The molecule has 30 heavy (non-hydrogen) atoms. The first-order chi connectivity index (χ1) is 13.9. The van der Waals surface area contributed by atoms with E-state index in [1.54, 1.807) is 0 Å². The third-order valence-corrected chi connectivity index (χ3v) is 7.07. The van der Waals surface area contributed by atoms with Gasteiger partial charge in [0.1, 0.15) is 6.04 Å². The van der Waals surface area contributed by atoms with Gasteiger partial charge in [0.2, 0.25) is 12.2 Å². The molecule has 2 heterocycles. The Hall–Kier alpha value is -0.470. The van der Waals surface area contributed by atoms with Gasteiger partial charge in [-0.1, -0.05) is 74.5 Å². The molecule has 0 aromatic heterocycles. The molecule has 2 fully saturated rings. The summed E-state index contributed by atoms with van der Waals surface area (Å²) in [6.45, 7) is 12.4. The highest BCUT2D eigenvalue weighted by Gasteiger charge is 2.48. The van der Waals surface area contributed by atoms with Crippen molar-refractivity contribution in [1.29, 1.82) is 5.41 Å². The largest absolute Gasteiger partial charge is 0.448 e. The zero-order valence-electron chi connectivity index (χ0n) is 18.1. The van der Waals surface area contributed by atoms with Gasteiger partial charge in [0.05, 0.1) is 18.3 Å². The number of hydrogen-bond acceptors (Lipinski definition) is 6. The van der Waals surface area contributed by atoms with Crippen molar-refractivity contribution in [2.24, 2.45) is 28.8 Å². The van der Waals surface area contributed by atoms with Gasteiger partial charge in [0, 0.05) is 10.8 Å². The first kappa shape index (κ1) is 25.8. The van der Waals surface area contributed by atoms with Crippen LogP contribution in [0.4, 0.5) is 0 Å². The third kappa shape index (κ3) is 5.66. The fourth-order valence-electron chi connectivity index (χ4n) is 4.08. The number of halogens is 3. The summed E-state index contributed by atoms with van der Waals surface area (Å²) in [5.41, 5.74) is 9.07. The number of nitrogens with zero attached hydrogens (tertiary/aromatic N) is 3. The van der Waals surface area contributed by atoms with E-state index < -0.39 is 34.4 Å². The van der Waals surface area contributed by atoms with Crippen LogP contribution in [0.15, 0.2) is 5.11 Å². The van der Waals surface area contributed by atoms with E-state index in [0.29, 0.717) is 18.3 Å². The van der Waals surface area contributed by atoms with E-state index in [2.05, 4.69) is 37.7 Å². The summed E-state index contributed by atoms with van der Waals surface area (Å²) in [6.07, 6.45) is -1.56. The highest BCUT2D eigenvalue weighted by Crippen LogP contribution is 2.40. The fourth-order valence-corrected chi connectivity index (χ4v) is 4.21. The van der Waals surface area contributed by atoms with Gasteiger partial charge >= 0.3 is 0 Å². The van der Waals surface area contributed by atoms with E-state index in [-0.39, 0.29) is 24.0 Å². The summed E-state index contributed by atoms with van der Waals surface area (Å²) < 4.78 is 22.0. The molecule has 0 bridgehead atoms. The van der Waals surface area contributed by atoms with Crippen LogP contribution in [0.5, 0.6) is 0 Å². The Bertz CT molecular complexity index is 658. The second-order valence-corrected chi connectivity index (χ2v) is 10.6. The number of hydrogen-bond donors (Lipinski definition) is 1. The van der Waals surface area contributed by atoms with Crippen LogP contribution in [0, 0.1) is 29.1 Å². The predicted octanol–water partition coefficient (Wildman–Crippen LogP) is 5.84.